The largest absolute Gasteiger partial charge is 0.299 e. The van der Waals surface area contributed by atoms with Gasteiger partial charge in [0.1, 0.15) is 5.78 Å². The average molecular weight is 195 g/mol. The zero-order chi connectivity index (χ0) is 11.4. The lowest BCUT2D eigenvalue weighted by molar-refractivity contribution is -0.127. The summed E-state index contributed by atoms with van der Waals surface area (Å²) in [5.74, 6) is 0.267. The predicted molar refractivity (Wildman–Crippen MR) is 57.7 cm³/mol. The Morgan fingerprint density at radius 1 is 1.29 bits per heavy atom. The molecule has 0 N–H and O–H groups in total. The van der Waals surface area contributed by atoms with Gasteiger partial charge in [0, 0.05) is 11.8 Å². The van der Waals surface area contributed by atoms with E-state index in [0.29, 0.717) is 12.8 Å². The fourth-order valence-electron chi connectivity index (χ4n) is 1.02. The summed E-state index contributed by atoms with van der Waals surface area (Å²) in [6.07, 6.45) is 2.03. The van der Waals surface area contributed by atoms with Crippen LogP contribution in [0.5, 0.6) is 0 Å². The molecule has 0 saturated carbocycles. The first kappa shape index (κ1) is 13.2. The molecule has 0 atom stereocenters. The second-order valence-electron chi connectivity index (χ2n) is 5.16. The summed E-state index contributed by atoms with van der Waals surface area (Å²) in [7, 11) is 0. The summed E-state index contributed by atoms with van der Waals surface area (Å²) >= 11 is 0. The van der Waals surface area contributed by atoms with Gasteiger partial charge in [-0.3, -0.25) is 4.79 Å². The van der Waals surface area contributed by atoms with Gasteiger partial charge in [-0.1, -0.05) is 20.8 Å². The molecule has 0 spiro atoms. The second-order valence-corrected chi connectivity index (χ2v) is 5.16. The summed E-state index contributed by atoms with van der Waals surface area (Å²) in [6.45, 7) is 9.70. The van der Waals surface area contributed by atoms with Gasteiger partial charge in [0.15, 0.2) is 0 Å². The molecule has 0 fully saturated rings. The van der Waals surface area contributed by atoms with Crippen molar-refractivity contribution in [1.29, 1.82) is 5.26 Å². The van der Waals surface area contributed by atoms with Crippen molar-refractivity contribution in [1.82, 2.24) is 0 Å². The lowest BCUT2D eigenvalue weighted by Gasteiger charge is -2.22. The Balaban J connectivity index is 4.19. The first-order chi connectivity index (χ1) is 6.25. The Morgan fingerprint density at radius 2 is 1.79 bits per heavy atom. The van der Waals surface area contributed by atoms with Gasteiger partial charge in [-0.25, -0.2) is 0 Å². The molecule has 14 heavy (non-hydrogen) atoms. The van der Waals surface area contributed by atoms with Crippen LogP contribution >= 0.6 is 0 Å². The Hall–Kier alpha value is -0.840. The van der Waals surface area contributed by atoms with Crippen LogP contribution in [0.2, 0.25) is 0 Å². The van der Waals surface area contributed by atoms with E-state index in [1.807, 2.05) is 34.6 Å². The lowest BCUT2D eigenvalue weighted by Crippen LogP contribution is -2.24. The van der Waals surface area contributed by atoms with Gasteiger partial charge in [-0.05, 0) is 26.7 Å². The fourth-order valence-corrected chi connectivity index (χ4v) is 1.02. The molecule has 0 rings (SSSR count). The quantitative estimate of drug-likeness (QED) is 0.675. The Bertz CT molecular complexity index is 246. The Kier molecular flexibility index (Phi) is 4.32. The number of nitrogens with zero attached hydrogens (tertiary/aromatic N) is 1. The molecule has 2 nitrogen and oxygen atoms in total. The predicted octanol–water partition coefficient (Wildman–Crippen LogP) is 3.32. The van der Waals surface area contributed by atoms with Crippen LogP contribution < -0.4 is 0 Å². The van der Waals surface area contributed by atoms with E-state index in [9.17, 15) is 4.79 Å². The number of rotatable bonds is 5. The third-order valence-electron chi connectivity index (χ3n) is 2.92. The van der Waals surface area contributed by atoms with Crippen molar-refractivity contribution in [2.45, 2.75) is 53.9 Å². The molecule has 0 unspecified atom stereocenters. The highest BCUT2D eigenvalue weighted by atomic mass is 16.1. The second kappa shape index (κ2) is 4.59. The van der Waals surface area contributed by atoms with Crippen molar-refractivity contribution in [3.63, 3.8) is 0 Å². The van der Waals surface area contributed by atoms with Crippen LogP contribution in [0.25, 0.3) is 0 Å². The van der Waals surface area contributed by atoms with Crippen molar-refractivity contribution in [3.8, 4) is 6.07 Å². The van der Waals surface area contributed by atoms with Gasteiger partial charge in [0.2, 0.25) is 0 Å². The normalized spacial score (nSPS) is 12.3. The van der Waals surface area contributed by atoms with Gasteiger partial charge in [0.05, 0.1) is 11.5 Å². The summed E-state index contributed by atoms with van der Waals surface area (Å²) < 4.78 is 0. The monoisotopic (exact) mass is 195 g/mol. The number of hydrogen-bond acceptors (Lipinski definition) is 2. The average Bonchev–Trinajstić information content (AvgIpc) is 2.14. The first-order valence-electron chi connectivity index (χ1n) is 5.20. The van der Waals surface area contributed by atoms with Gasteiger partial charge >= 0.3 is 0 Å². The third kappa shape index (κ3) is 3.91. The molecule has 0 heterocycles. The molecule has 0 aromatic rings. The van der Waals surface area contributed by atoms with Gasteiger partial charge in [-0.15, -0.1) is 0 Å². The molecule has 0 aliphatic rings. The van der Waals surface area contributed by atoms with Gasteiger partial charge in [0.25, 0.3) is 0 Å². The van der Waals surface area contributed by atoms with E-state index in [2.05, 4.69) is 6.07 Å². The number of carbonyl (C=O) groups excluding carboxylic acids is 1. The smallest absolute Gasteiger partial charge is 0.138 e. The number of hydrogen-bond donors (Lipinski definition) is 0. The SMILES string of the molecule is CCC(C)(C)C(=O)CCC(C)(C)C#N. The number of nitriles is 1. The minimum Gasteiger partial charge on any atom is -0.299 e. The van der Waals surface area contributed by atoms with Crippen molar-refractivity contribution >= 4 is 5.78 Å². The highest BCUT2D eigenvalue weighted by Crippen LogP contribution is 2.27. The molecule has 0 amide bonds. The molecule has 0 bridgehead atoms. The topological polar surface area (TPSA) is 40.9 Å². The van der Waals surface area contributed by atoms with E-state index in [0.717, 1.165) is 6.42 Å². The van der Waals surface area contributed by atoms with Crippen LogP contribution in [-0.2, 0) is 4.79 Å². The molecule has 0 saturated heterocycles. The maximum atomic E-state index is 11.7. The van der Waals surface area contributed by atoms with Crippen molar-refractivity contribution in [2.24, 2.45) is 10.8 Å². The number of Topliss-reactive ketones (excluding diaryl/α,β-unsaturated/α-hetero) is 1. The highest BCUT2D eigenvalue weighted by molar-refractivity contribution is 5.83. The van der Waals surface area contributed by atoms with Gasteiger partial charge < -0.3 is 0 Å². The van der Waals surface area contributed by atoms with Crippen LogP contribution in [0.15, 0.2) is 0 Å². The Labute approximate surface area is 87.3 Å². The summed E-state index contributed by atoms with van der Waals surface area (Å²) in [6, 6.07) is 2.21. The zero-order valence-electron chi connectivity index (χ0n) is 9.98. The molecule has 0 aliphatic carbocycles. The molecule has 0 aromatic heterocycles. The van der Waals surface area contributed by atoms with E-state index >= 15 is 0 Å². The van der Waals surface area contributed by atoms with E-state index in [1.165, 1.54) is 0 Å². The van der Waals surface area contributed by atoms with E-state index in [-0.39, 0.29) is 16.6 Å². The zero-order valence-corrected chi connectivity index (χ0v) is 9.98. The van der Waals surface area contributed by atoms with E-state index < -0.39 is 0 Å². The lowest BCUT2D eigenvalue weighted by atomic mass is 9.80. The molecule has 0 aliphatic heterocycles. The van der Waals surface area contributed by atoms with E-state index in [4.69, 9.17) is 5.26 Å². The molecule has 0 aromatic carbocycles. The standard InChI is InChI=1S/C12H21NO/c1-6-12(4,5)10(14)7-8-11(2,3)9-13/h6-8H2,1-5H3. The minimum atomic E-state index is -0.376. The van der Waals surface area contributed by atoms with Crippen molar-refractivity contribution < 1.29 is 4.79 Å². The van der Waals surface area contributed by atoms with Crippen LogP contribution in [-0.4, -0.2) is 5.78 Å². The van der Waals surface area contributed by atoms with Crippen molar-refractivity contribution in [2.75, 3.05) is 0 Å². The van der Waals surface area contributed by atoms with Crippen molar-refractivity contribution in [3.05, 3.63) is 0 Å². The Morgan fingerprint density at radius 3 is 2.14 bits per heavy atom. The minimum absolute atomic E-state index is 0.231. The fraction of sp³-hybridized carbons (Fsp3) is 0.833. The summed E-state index contributed by atoms with van der Waals surface area (Å²) in [4.78, 5) is 11.7. The van der Waals surface area contributed by atoms with Crippen LogP contribution in [0.1, 0.15) is 53.9 Å². The third-order valence-corrected chi connectivity index (χ3v) is 2.92. The maximum absolute atomic E-state index is 11.7. The maximum Gasteiger partial charge on any atom is 0.138 e. The van der Waals surface area contributed by atoms with E-state index in [1.54, 1.807) is 0 Å². The first-order valence-corrected chi connectivity index (χ1v) is 5.20. The molecular weight excluding hydrogens is 174 g/mol. The van der Waals surface area contributed by atoms with Crippen LogP contribution in [0.3, 0.4) is 0 Å². The summed E-state index contributed by atoms with van der Waals surface area (Å²) in [5.41, 5.74) is -0.606. The number of carbonyl (C=O) groups is 1. The van der Waals surface area contributed by atoms with Crippen LogP contribution in [0.4, 0.5) is 0 Å². The molecule has 2 heteroatoms. The molecule has 0 radical (unpaired) electrons. The van der Waals surface area contributed by atoms with Gasteiger partial charge in [-0.2, -0.15) is 5.26 Å². The number of ketones is 1. The highest BCUT2D eigenvalue weighted by Gasteiger charge is 2.27. The molecule has 80 valence electrons. The van der Waals surface area contributed by atoms with Crippen LogP contribution in [0, 0.1) is 22.2 Å². The molecular formula is C12H21NO. The summed E-state index contributed by atoms with van der Waals surface area (Å²) in [5, 5.41) is 8.81.